The lowest BCUT2D eigenvalue weighted by Gasteiger charge is -2.07. The molecule has 1 heterocycles. The Balaban J connectivity index is 1.86. The summed E-state index contributed by atoms with van der Waals surface area (Å²) in [4.78, 5) is 15.3. The maximum absolute atomic E-state index is 12.2. The summed E-state index contributed by atoms with van der Waals surface area (Å²) in [5.74, 6) is -0.192. The average Bonchev–Trinajstić information content (AvgIpc) is 2.90. The summed E-state index contributed by atoms with van der Waals surface area (Å²) in [5, 5.41) is 4.28. The minimum atomic E-state index is -0.192. The van der Waals surface area contributed by atoms with E-state index in [0.717, 1.165) is 10.9 Å². The zero-order valence-corrected chi connectivity index (χ0v) is 11.2. The summed E-state index contributed by atoms with van der Waals surface area (Å²) in [6.45, 7) is 0. The SMILES string of the molecule is Nc1ccc(NC(=O)c2ccc3cc[nH]c3c2)cc1Cl. The van der Waals surface area contributed by atoms with Crippen molar-refractivity contribution in [3.8, 4) is 0 Å². The normalized spacial score (nSPS) is 10.7. The number of carbonyl (C=O) groups excluding carboxylic acids is 1. The molecular formula is C15H12ClN3O. The van der Waals surface area contributed by atoms with Crippen LogP contribution in [0.3, 0.4) is 0 Å². The van der Waals surface area contributed by atoms with Gasteiger partial charge in [-0.3, -0.25) is 4.79 Å². The third-order valence-corrected chi connectivity index (χ3v) is 3.40. The zero-order chi connectivity index (χ0) is 14.1. The van der Waals surface area contributed by atoms with Crippen molar-refractivity contribution in [2.45, 2.75) is 0 Å². The molecule has 0 aliphatic rings. The fourth-order valence-corrected chi connectivity index (χ4v) is 2.18. The number of carbonyl (C=O) groups is 1. The van der Waals surface area contributed by atoms with E-state index in [9.17, 15) is 4.79 Å². The smallest absolute Gasteiger partial charge is 0.255 e. The number of hydrogen-bond donors (Lipinski definition) is 3. The van der Waals surface area contributed by atoms with Crippen LogP contribution in [0.15, 0.2) is 48.7 Å². The van der Waals surface area contributed by atoms with Crippen LogP contribution in [0.5, 0.6) is 0 Å². The number of aromatic nitrogens is 1. The fraction of sp³-hybridized carbons (Fsp3) is 0. The summed E-state index contributed by atoms with van der Waals surface area (Å²) in [5.41, 5.74) is 8.23. The Morgan fingerprint density at radius 1 is 1.15 bits per heavy atom. The third kappa shape index (κ3) is 2.33. The Bertz CT molecular complexity index is 795. The highest BCUT2D eigenvalue weighted by Gasteiger charge is 2.08. The molecule has 0 radical (unpaired) electrons. The molecule has 2 aromatic carbocycles. The number of amides is 1. The molecule has 4 N–H and O–H groups in total. The molecule has 3 aromatic rings. The largest absolute Gasteiger partial charge is 0.398 e. The number of aromatic amines is 1. The van der Waals surface area contributed by atoms with Gasteiger partial charge in [0.1, 0.15) is 0 Å². The number of benzene rings is 2. The van der Waals surface area contributed by atoms with E-state index >= 15 is 0 Å². The van der Waals surface area contributed by atoms with Crippen LogP contribution >= 0.6 is 11.6 Å². The number of H-pyrrole nitrogens is 1. The lowest BCUT2D eigenvalue weighted by Crippen LogP contribution is -2.11. The summed E-state index contributed by atoms with van der Waals surface area (Å²) >= 11 is 5.93. The van der Waals surface area contributed by atoms with Crippen molar-refractivity contribution in [1.82, 2.24) is 4.98 Å². The predicted octanol–water partition coefficient (Wildman–Crippen LogP) is 3.66. The number of nitrogens with one attached hydrogen (secondary N) is 2. The number of hydrogen-bond acceptors (Lipinski definition) is 2. The van der Waals surface area contributed by atoms with E-state index in [4.69, 9.17) is 17.3 Å². The van der Waals surface area contributed by atoms with Gasteiger partial charge < -0.3 is 16.0 Å². The molecule has 0 spiro atoms. The molecule has 0 aliphatic heterocycles. The molecule has 0 atom stereocenters. The minimum Gasteiger partial charge on any atom is -0.398 e. The van der Waals surface area contributed by atoms with Crippen LogP contribution in [-0.2, 0) is 0 Å². The first kappa shape index (κ1) is 12.6. The van der Waals surface area contributed by atoms with Gasteiger partial charge in [-0.2, -0.15) is 0 Å². The highest BCUT2D eigenvalue weighted by atomic mass is 35.5. The quantitative estimate of drug-likeness (QED) is 0.629. The molecule has 4 nitrogen and oxygen atoms in total. The summed E-state index contributed by atoms with van der Waals surface area (Å²) in [6, 6.07) is 12.4. The minimum absolute atomic E-state index is 0.192. The molecular weight excluding hydrogens is 274 g/mol. The maximum atomic E-state index is 12.2. The van der Waals surface area contributed by atoms with Crippen molar-refractivity contribution in [3.05, 3.63) is 59.2 Å². The second-order valence-electron chi connectivity index (χ2n) is 4.47. The summed E-state index contributed by atoms with van der Waals surface area (Å²) in [7, 11) is 0. The van der Waals surface area contributed by atoms with Crippen molar-refractivity contribution in [1.29, 1.82) is 0 Å². The molecule has 100 valence electrons. The van der Waals surface area contributed by atoms with E-state index < -0.39 is 0 Å². The number of anilines is 2. The van der Waals surface area contributed by atoms with Gasteiger partial charge in [0.2, 0.25) is 0 Å². The molecule has 0 fully saturated rings. The van der Waals surface area contributed by atoms with Crippen molar-refractivity contribution >= 4 is 39.8 Å². The third-order valence-electron chi connectivity index (χ3n) is 3.08. The van der Waals surface area contributed by atoms with E-state index in [-0.39, 0.29) is 5.91 Å². The molecule has 20 heavy (non-hydrogen) atoms. The van der Waals surface area contributed by atoms with Crippen molar-refractivity contribution in [2.75, 3.05) is 11.1 Å². The molecule has 3 rings (SSSR count). The Morgan fingerprint density at radius 3 is 2.80 bits per heavy atom. The van der Waals surface area contributed by atoms with E-state index in [1.807, 2.05) is 24.4 Å². The Morgan fingerprint density at radius 2 is 2.00 bits per heavy atom. The number of nitrogen functional groups attached to an aromatic ring is 1. The number of rotatable bonds is 2. The van der Waals surface area contributed by atoms with Gasteiger partial charge in [0.05, 0.1) is 10.7 Å². The Labute approximate surface area is 120 Å². The first-order chi connectivity index (χ1) is 9.63. The lowest BCUT2D eigenvalue weighted by atomic mass is 10.1. The van der Waals surface area contributed by atoms with Crippen molar-refractivity contribution < 1.29 is 4.79 Å². The second-order valence-corrected chi connectivity index (χ2v) is 4.88. The van der Waals surface area contributed by atoms with Gasteiger partial charge in [-0.1, -0.05) is 17.7 Å². The molecule has 0 saturated heterocycles. The summed E-state index contributed by atoms with van der Waals surface area (Å²) in [6.07, 6.45) is 1.84. The first-order valence-electron chi connectivity index (χ1n) is 6.07. The molecule has 1 aromatic heterocycles. The maximum Gasteiger partial charge on any atom is 0.255 e. The highest BCUT2D eigenvalue weighted by molar-refractivity contribution is 6.33. The van der Waals surface area contributed by atoms with Gasteiger partial charge >= 0.3 is 0 Å². The van der Waals surface area contributed by atoms with Gasteiger partial charge in [-0.15, -0.1) is 0 Å². The molecule has 0 bridgehead atoms. The monoisotopic (exact) mass is 285 g/mol. The van der Waals surface area contributed by atoms with Gasteiger partial charge in [0.25, 0.3) is 5.91 Å². The second kappa shape index (κ2) is 4.90. The highest BCUT2D eigenvalue weighted by Crippen LogP contribution is 2.23. The molecule has 5 heteroatoms. The van der Waals surface area contributed by atoms with Crippen molar-refractivity contribution in [3.63, 3.8) is 0 Å². The Kier molecular flexibility index (Phi) is 3.08. The standard InChI is InChI=1S/C15H12ClN3O/c16-12-8-11(3-4-13(12)17)19-15(20)10-2-1-9-5-6-18-14(9)7-10/h1-8,18H,17H2,(H,19,20). The molecule has 0 unspecified atom stereocenters. The molecule has 0 aliphatic carbocycles. The van der Waals surface area contributed by atoms with E-state index in [0.29, 0.717) is 22.0 Å². The van der Waals surface area contributed by atoms with Crippen LogP contribution in [0.25, 0.3) is 10.9 Å². The average molecular weight is 286 g/mol. The van der Waals surface area contributed by atoms with Gasteiger partial charge in [0.15, 0.2) is 0 Å². The van der Waals surface area contributed by atoms with E-state index in [1.54, 1.807) is 24.3 Å². The van der Waals surface area contributed by atoms with Gasteiger partial charge in [-0.25, -0.2) is 0 Å². The van der Waals surface area contributed by atoms with Gasteiger partial charge in [0, 0.05) is 23.0 Å². The van der Waals surface area contributed by atoms with Crippen LogP contribution < -0.4 is 11.1 Å². The summed E-state index contributed by atoms with van der Waals surface area (Å²) < 4.78 is 0. The number of halogens is 1. The van der Waals surface area contributed by atoms with Gasteiger partial charge in [-0.05, 0) is 41.8 Å². The van der Waals surface area contributed by atoms with Crippen LogP contribution in [0.1, 0.15) is 10.4 Å². The van der Waals surface area contributed by atoms with Crippen LogP contribution in [0.4, 0.5) is 11.4 Å². The number of nitrogens with two attached hydrogens (primary N) is 1. The zero-order valence-electron chi connectivity index (χ0n) is 10.5. The van der Waals surface area contributed by atoms with Crippen LogP contribution in [0, 0.1) is 0 Å². The Hall–Kier alpha value is -2.46. The predicted molar refractivity (Wildman–Crippen MR) is 82.1 cm³/mol. The van der Waals surface area contributed by atoms with E-state index in [1.165, 1.54) is 0 Å². The molecule has 1 amide bonds. The molecule has 0 saturated carbocycles. The topological polar surface area (TPSA) is 70.9 Å². The van der Waals surface area contributed by atoms with Crippen LogP contribution in [0.2, 0.25) is 5.02 Å². The number of fused-ring (bicyclic) bond motifs is 1. The first-order valence-corrected chi connectivity index (χ1v) is 6.45. The lowest BCUT2D eigenvalue weighted by molar-refractivity contribution is 0.102. The fourth-order valence-electron chi connectivity index (χ4n) is 2.00. The van der Waals surface area contributed by atoms with E-state index in [2.05, 4.69) is 10.3 Å². The van der Waals surface area contributed by atoms with Crippen LogP contribution in [-0.4, -0.2) is 10.9 Å². The van der Waals surface area contributed by atoms with Crippen molar-refractivity contribution in [2.24, 2.45) is 0 Å².